The van der Waals surface area contributed by atoms with Crippen LogP contribution in [0.4, 0.5) is 0 Å². The van der Waals surface area contributed by atoms with Gasteiger partial charge in [-0.2, -0.15) is 0 Å². The van der Waals surface area contributed by atoms with E-state index in [9.17, 15) is 8.42 Å². The van der Waals surface area contributed by atoms with Gasteiger partial charge in [-0.25, -0.2) is 13.4 Å². The topological polar surface area (TPSA) is 86.7 Å². The summed E-state index contributed by atoms with van der Waals surface area (Å²) in [5, 5.41) is 6.80. The van der Waals surface area contributed by atoms with Gasteiger partial charge in [-0.1, -0.05) is 6.07 Å². The van der Waals surface area contributed by atoms with Crippen LogP contribution in [0.1, 0.15) is 31.0 Å². The Morgan fingerprint density at radius 3 is 2.73 bits per heavy atom. The molecule has 0 aliphatic carbocycles. The van der Waals surface area contributed by atoms with Crippen LogP contribution >= 0.6 is 0 Å². The largest absolute Gasteiger partial charge is 0.357 e. The first-order valence-electron chi connectivity index (χ1n) is 9.23. The molecule has 0 bridgehead atoms. The number of likely N-dealkylation sites (tertiary alicyclic amines) is 1. The van der Waals surface area contributed by atoms with Gasteiger partial charge >= 0.3 is 0 Å². The fourth-order valence-corrected chi connectivity index (χ4v) is 3.54. The minimum atomic E-state index is -2.89. The Kier molecular flexibility index (Phi) is 7.84. The van der Waals surface area contributed by atoms with E-state index in [1.54, 1.807) is 6.20 Å². The fourth-order valence-electron chi connectivity index (χ4n) is 2.95. The second kappa shape index (κ2) is 9.87. The monoisotopic (exact) mass is 381 g/mol. The van der Waals surface area contributed by atoms with Crippen molar-refractivity contribution in [3.63, 3.8) is 0 Å². The van der Waals surface area contributed by atoms with E-state index in [0.717, 1.165) is 49.7 Å². The lowest BCUT2D eigenvalue weighted by atomic mass is 10.1. The second-order valence-corrected chi connectivity index (χ2v) is 9.11. The summed E-state index contributed by atoms with van der Waals surface area (Å²) in [6.45, 7) is 7.90. The summed E-state index contributed by atoms with van der Waals surface area (Å²) in [6.07, 6.45) is 5.06. The van der Waals surface area contributed by atoms with Crippen LogP contribution in [0.25, 0.3) is 0 Å². The molecule has 26 heavy (non-hydrogen) atoms. The molecule has 0 unspecified atom stereocenters. The van der Waals surface area contributed by atoms with Crippen LogP contribution in [0.3, 0.4) is 0 Å². The molecule has 1 aromatic heterocycles. The van der Waals surface area contributed by atoms with Gasteiger partial charge in [0.25, 0.3) is 0 Å². The van der Waals surface area contributed by atoms with E-state index in [-0.39, 0.29) is 5.75 Å². The molecular formula is C18H31N5O2S. The van der Waals surface area contributed by atoms with Gasteiger partial charge in [0.2, 0.25) is 0 Å². The third-order valence-electron chi connectivity index (χ3n) is 4.56. The van der Waals surface area contributed by atoms with Gasteiger partial charge in [0.05, 0.1) is 18.0 Å². The van der Waals surface area contributed by atoms with Gasteiger partial charge in [0, 0.05) is 44.7 Å². The summed E-state index contributed by atoms with van der Waals surface area (Å²) >= 11 is 0. The summed E-state index contributed by atoms with van der Waals surface area (Å²) in [5.41, 5.74) is 2.13. The molecular weight excluding hydrogens is 350 g/mol. The molecule has 0 saturated carbocycles. The number of aryl methyl sites for hydroxylation is 1. The van der Waals surface area contributed by atoms with Crippen molar-refractivity contribution in [1.29, 1.82) is 0 Å². The molecule has 1 aliphatic heterocycles. The van der Waals surface area contributed by atoms with Crippen LogP contribution < -0.4 is 10.6 Å². The molecule has 1 aromatic rings. The third kappa shape index (κ3) is 7.29. The van der Waals surface area contributed by atoms with Crippen LogP contribution in [0, 0.1) is 6.92 Å². The number of nitrogens with one attached hydrogen (secondary N) is 2. The number of aromatic nitrogens is 1. The number of sulfone groups is 1. The molecule has 0 amide bonds. The SMILES string of the molecule is CCNC(=NCc1ncccc1C)NC1CCN(CCS(C)(=O)=O)CC1. The molecule has 2 N–H and O–H groups in total. The van der Waals surface area contributed by atoms with Gasteiger partial charge in [0.15, 0.2) is 5.96 Å². The number of nitrogens with zero attached hydrogens (tertiary/aromatic N) is 3. The zero-order chi connectivity index (χ0) is 19.0. The van der Waals surface area contributed by atoms with E-state index >= 15 is 0 Å². The van der Waals surface area contributed by atoms with Crippen LogP contribution in [0.5, 0.6) is 0 Å². The molecule has 1 aliphatic rings. The highest BCUT2D eigenvalue weighted by molar-refractivity contribution is 7.90. The summed E-state index contributed by atoms with van der Waals surface area (Å²) in [6, 6.07) is 4.33. The number of rotatable bonds is 7. The summed E-state index contributed by atoms with van der Waals surface area (Å²) in [4.78, 5) is 11.3. The van der Waals surface area contributed by atoms with E-state index in [1.165, 1.54) is 6.26 Å². The Bertz CT molecular complexity index is 697. The van der Waals surface area contributed by atoms with Gasteiger partial charge in [-0.15, -0.1) is 0 Å². The van der Waals surface area contributed by atoms with E-state index < -0.39 is 9.84 Å². The molecule has 1 saturated heterocycles. The van der Waals surface area contributed by atoms with Crippen molar-refractivity contribution >= 4 is 15.8 Å². The molecule has 7 nitrogen and oxygen atoms in total. The quantitative estimate of drug-likeness (QED) is 0.540. The minimum absolute atomic E-state index is 0.235. The predicted molar refractivity (Wildman–Crippen MR) is 106 cm³/mol. The number of hydrogen-bond acceptors (Lipinski definition) is 5. The summed E-state index contributed by atoms with van der Waals surface area (Å²) in [7, 11) is -2.89. The highest BCUT2D eigenvalue weighted by Gasteiger charge is 2.20. The van der Waals surface area contributed by atoms with Crippen molar-refractivity contribution in [3.05, 3.63) is 29.6 Å². The molecule has 2 heterocycles. The molecule has 0 atom stereocenters. The highest BCUT2D eigenvalue weighted by atomic mass is 32.2. The Morgan fingerprint density at radius 2 is 2.12 bits per heavy atom. The van der Waals surface area contributed by atoms with Crippen LogP contribution in [0.2, 0.25) is 0 Å². The fraction of sp³-hybridized carbons (Fsp3) is 0.667. The van der Waals surface area contributed by atoms with Crippen molar-refractivity contribution in [2.24, 2.45) is 4.99 Å². The highest BCUT2D eigenvalue weighted by Crippen LogP contribution is 2.10. The van der Waals surface area contributed by atoms with Crippen LogP contribution in [-0.4, -0.2) is 68.5 Å². The standard InChI is InChI=1S/C18H31N5O2S/c1-4-19-18(21-14-17-15(2)6-5-9-20-17)22-16-7-10-23(11-8-16)12-13-26(3,24)25/h5-6,9,16H,4,7-8,10-14H2,1-3H3,(H2,19,21,22). The number of guanidine groups is 1. The van der Waals surface area contributed by atoms with Crippen molar-refractivity contribution < 1.29 is 8.42 Å². The van der Waals surface area contributed by atoms with Crippen LogP contribution in [-0.2, 0) is 16.4 Å². The minimum Gasteiger partial charge on any atom is -0.357 e. The van der Waals surface area contributed by atoms with E-state index in [4.69, 9.17) is 0 Å². The Hall–Kier alpha value is -1.67. The molecule has 0 aromatic carbocycles. The summed E-state index contributed by atoms with van der Waals surface area (Å²) < 4.78 is 22.6. The zero-order valence-electron chi connectivity index (χ0n) is 16.0. The Morgan fingerprint density at radius 1 is 1.38 bits per heavy atom. The number of aliphatic imine (C=N–C) groups is 1. The molecule has 1 fully saturated rings. The van der Waals surface area contributed by atoms with Crippen LogP contribution in [0.15, 0.2) is 23.3 Å². The van der Waals surface area contributed by atoms with Gasteiger partial charge in [0.1, 0.15) is 9.84 Å². The summed E-state index contributed by atoms with van der Waals surface area (Å²) in [5.74, 6) is 1.05. The lowest BCUT2D eigenvalue weighted by Crippen LogP contribution is -2.49. The number of pyridine rings is 1. The lowest BCUT2D eigenvalue weighted by molar-refractivity contribution is 0.216. The lowest BCUT2D eigenvalue weighted by Gasteiger charge is -2.32. The molecule has 0 spiro atoms. The molecule has 146 valence electrons. The first-order chi connectivity index (χ1) is 12.4. The predicted octanol–water partition coefficient (Wildman–Crippen LogP) is 0.954. The number of piperidine rings is 1. The third-order valence-corrected chi connectivity index (χ3v) is 5.48. The normalized spacial score (nSPS) is 17.3. The van der Waals surface area contributed by atoms with E-state index in [0.29, 0.717) is 19.1 Å². The van der Waals surface area contributed by atoms with Gasteiger partial charge < -0.3 is 15.5 Å². The smallest absolute Gasteiger partial charge is 0.191 e. The average molecular weight is 382 g/mol. The van der Waals surface area contributed by atoms with E-state index in [2.05, 4.69) is 32.4 Å². The molecule has 8 heteroatoms. The second-order valence-electron chi connectivity index (χ2n) is 6.85. The van der Waals surface area contributed by atoms with Gasteiger partial charge in [-0.05, 0) is 38.3 Å². The average Bonchev–Trinajstić information content (AvgIpc) is 2.60. The van der Waals surface area contributed by atoms with Crippen molar-refractivity contribution in [2.75, 3.05) is 38.2 Å². The zero-order valence-corrected chi connectivity index (χ0v) is 16.8. The maximum Gasteiger partial charge on any atom is 0.191 e. The maximum atomic E-state index is 11.3. The van der Waals surface area contributed by atoms with Crippen molar-refractivity contribution in [3.8, 4) is 0 Å². The van der Waals surface area contributed by atoms with Gasteiger partial charge in [-0.3, -0.25) is 4.98 Å². The maximum absolute atomic E-state index is 11.3. The van der Waals surface area contributed by atoms with E-state index in [1.807, 2.05) is 19.1 Å². The Balaban J connectivity index is 1.84. The molecule has 2 rings (SSSR count). The van der Waals surface area contributed by atoms with Crippen molar-refractivity contribution in [1.82, 2.24) is 20.5 Å². The first kappa shape index (κ1) is 20.6. The van der Waals surface area contributed by atoms with Crippen molar-refractivity contribution in [2.45, 2.75) is 39.3 Å². The molecule has 0 radical (unpaired) electrons. The Labute approximate surface area is 157 Å². The first-order valence-corrected chi connectivity index (χ1v) is 11.3. The number of hydrogen-bond donors (Lipinski definition) is 2.